The first-order valence-corrected chi connectivity index (χ1v) is 8.57. The van der Waals surface area contributed by atoms with Gasteiger partial charge in [-0.3, -0.25) is 0 Å². The molecule has 1 aliphatic heterocycles. The van der Waals surface area contributed by atoms with Crippen molar-refractivity contribution in [2.75, 3.05) is 31.2 Å². The normalized spacial score (nSPS) is 17.9. The summed E-state index contributed by atoms with van der Waals surface area (Å²) in [4.78, 5) is 1.46. The van der Waals surface area contributed by atoms with Gasteiger partial charge < -0.3 is 10.4 Å². The average Bonchev–Trinajstić information content (AvgIpc) is 2.80. The number of rotatable bonds is 8. The quantitative estimate of drug-likeness (QED) is 0.718. The molecule has 100 valence electrons. The molecule has 0 saturated heterocycles. The van der Waals surface area contributed by atoms with Crippen LogP contribution in [-0.2, 0) is 6.42 Å². The van der Waals surface area contributed by atoms with Crippen molar-refractivity contribution in [3.63, 3.8) is 0 Å². The molecule has 0 aliphatic carbocycles. The third-order valence-electron chi connectivity index (χ3n) is 2.96. The summed E-state index contributed by atoms with van der Waals surface area (Å²) in [5.74, 6) is 2.21. The van der Waals surface area contributed by atoms with E-state index in [0.717, 1.165) is 31.0 Å². The van der Waals surface area contributed by atoms with Gasteiger partial charge in [-0.1, -0.05) is 18.2 Å². The summed E-state index contributed by atoms with van der Waals surface area (Å²) < 4.78 is 0. The van der Waals surface area contributed by atoms with Crippen LogP contribution < -0.4 is 5.32 Å². The van der Waals surface area contributed by atoms with Gasteiger partial charge in [0.05, 0.1) is 0 Å². The number of hydrogen-bond donors (Lipinski definition) is 2. The van der Waals surface area contributed by atoms with Gasteiger partial charge >= 0.3 is 0 Å². The second-order valence-corrected chi connectivity index (χ2v) is 7.01. The maximum absolute atomic E-state index is 8.67. The minimum Gasteiger partial charge on any atom is -0.396 e. The van der Waals surface area contributed by atoms with Crippen molar-refractivity contribution in [3.05, 3.63) is 29.8 Å². The van der Waals surface area contributed by atoms with E-state index in [2.05, 4.69) is 29.6 Å². The van der Waals surface area contributed by atoms with Crippen molar-refractivity contribution in [2.24, 2.45) is 0 Å². The van der Waals surface area contributed by atoms with Crippen molar-refractivity contribution >= 4 is 23.5 Å². The first kappa shape index (κ1) is 14.3. The lowest BCUT2D eigenvalue weighted by atomic mass is 10.1. The van der Waals surface area contributed by atoms with E-state index < -0.39 is 0 Å². The smallest absolute Gasteiger partial charge is 0.0438 e. The fourth-order valence-corrected chi connectivity index (χ4v) is 4.15. The lowest BCUT2D eigenvalue weighted by Gasteiger charge is -2.09. The molecule has 1 unspecified atom stereocenters. The molecule has 18 heavy (non-hydrogen) atoms. The zero-order chi connectivity index (χ0) is 12.6. The van der Waals surface area contributed by atoms with Gasteiger partial charge in [-0.2, -0.15) is 11.8 Å². The number of hydrogen-bond acceptors (Lipinski definition) is 4. The van der Waals surface area contributed by atoms with Crippen LogP contribution in [0.25, 0.3) is 0 Å². The Morgan fingerprint density at radius 3 is 3.06 bits per heavy atom. The van der Waals surface area contributed by atoms with Gasteiger partial charge in [-0.05, 0) is 30.2 Å². The Morgan fingerprint density at radius 1 is 1.33 bits per heavy atom. The molecular weight excluding hydrogens is 262 g/mol. The number of benzene rings is 1. The van der Waals surface area contributed by atoms with Crippen LogP contribution in [0.4, 0.5) is 0 Å². The van der Waals surface area contributed by atoms with Crippen LogP contribution in [-0.4, -0.2) is 41.6 Å². The summed E-state index contributed by atoms with van der Waals surface area (Å²) in [6, 6.07) is 8.73. The highest BCUT2D eigenvalue weighted by molar-refractivity contribution is 8.00. The topological polar surface area (TPSA) is 32.3 Å². The molecule has 1 aromatic carbocycles. The van der Waals surface area contributed by atoms with Gasteiger partial charge in [0.15, 0.2) is 0 Å². The molecule has 0 amide bonds. The SMILES string of the molecule is OCCCSCCNCC1Cc2ccccc2S1. The average molecular weight is 283 g/mol. The molecule has 0 bridgehead atoms. The highest BCUT2D eigenvalue weighted by atomic mass is 32.2. The second kappa shape index (κ2) is 8.10. The van der Waals surface area contributed by atoms with Gasteiger partial charge in [-0.25, -0.2) is 0 Å². The van der Waals surface area contributed by atoms with E-state index in [1.165, 1.54) is 16.9 Å². The molecule has 2 rings (SSSR count). The Labute approximate surface area is 118 Å². The molecule has 2 nitrogen and oxygen atoms in total. The molecule has 0 spiro atoms. The number of aliphatic hydroxyl groups excluding tert-OH is 1. The largest absolute Gasteiger partial charge is 0.396 e. The monoisotopic (exact) mass is 283 g/mol. The molecule has 1 aliphatic rings. The maximum Gasteiger partial charge on any atom is 0.0438 e. The van der Waals surface area contributed by atoms with E-state index in [1.807, 2.05) is 23.5 Å². The van der Waals surface area contributed by atoms with Gasteiger partial charge in [-0.15, -0.1) is 11.8 Å². The first-order chi connectivity index (χ1) is 8.90. The highest BCUT2D eigenvalue weighted by Gasteiger charge is 2.20. The Hall–Kier alpha value is -0.160. The number of aliphatic hydroxyl groups is 1. The predicted molar refractivity (Wildman–Crippen MR) is 81.7 cm³/mol. The Morgan fingerprint density at radius 2 is 2.22 bits per heavy atom. The molecule has 0 saturated carbocycles. The van der Waals surface area contributed by atoms with Crippen LogP contribution in [0, 0.1) is 0 Å². The summed E-state index contributed by atoms with van der Waals surface area (Å²) in [6.07, 6.45) is 2.12. The molecule has 1 atom stereocenters. The highest BCUT2D eigenvalue weighted by Crippen LogP contribution is 2.36. The Balaban J connectivity index is 1.54. The fourth-order valence-electron chi connectivity index (χ4n) is 2.04. The number of thioether (sulfide) groups is 2. The van der Waals surface area contributed by atoms with Crippen molar-refractivity contribution in [1.29, 1.82) is 0 Å². The van der Waals surface area contributed by atoms with E-state index in [0.29, 0.717) is 11.9 Å². The third kappa shape index (κ3) is 4.50. The summed E-state index contributed by atoms with van der Waals surface area (Å²) in [6.45, 7) is 2.49. The molecule has 0 aromatic heterocycles. The Bertz CT molecular complexity index is 334. The van der Waals surface area contributed by atoms with E-state index in [-0.39, 0.29) is 0 Å². The molecule has 0 radical (unpaired) electrons. The van der Waals surface area contributed by atoms with Gasteiger partial charge in [0.25, 0.3) is 0 Å². The van der Waals surface area contributed by atoms with Crippen molar-refractivity contribution in [1.82, 2.24) is 5.32 Å². The second-order valence-electron chi connectivity index (χ2n) is 4.45. The fraction of sp³-hybridized carbons (Fsp3) is 0.571. The van der Waals surface area contributed by atoms with Crippen LogP contribution in [0.5, 0.6) is 0 Å². The maximum atomic E-state index is 8.67. The van der Waals surface area contributed by atoms with E-state index in [1.54, 1.807) is 0 Å². The van der Waals surface area contributed by atoms with Crippen LogP contribution in [0.2, 0.25) is 0 Å². The lowest BCUT2D eigenvalue weighted by Crippen LogP contribution is -2.26. The van der Waals surface area contributed by atoms with Crippen molar-refractivity contribution < 1.29 is 5.11 Å². The molecule has 1 heterocycles. The lowest BCUT2D eigenvalue weighted by molar-refractivity contribution is 0.296. The summed E-state index contributed by atoms with van der Waals surface area (Å²) in [7, 11) is 0. The summed E-state index contributed by atoms with van der Waals surface area (Å²) >= 11 is 3.92. The van der Waals surface area contributed by atoms with Crippen molar-refractivity contribution in [2.45, 2.75) is 23.0 Å². The van der Waals surface area contributed by atoms with Gasteiger partial charge in [0.2, 0.25) is 0 Å². The summed E-state index contributed by atoms with van der Waals surface area (Å²) in [5, 5.41) is 12.9. The van der Waals surface area contributed by atoms with E-state index >= 15 is 0 Å². The van der Waals surface area contributed by atoms with Crippen LogP contribution in [0.3, 0.4) is 0 Å². The number of fused-ring (bicyclic) bond motifs is 1. The molecule has 2 N–H and O–H groups in total. The first-order valence-electron chi connectivity index (χ1n) is 6.54. The number of nitrogens with one attached hydrogen (secondary N) is 1. The zero-order valence-corrected chi connectivity index (χ0v) is 12.2. The molecule has 0 fully saturated rings. The van der Waals surface area contributed by atoms with Crippen molar-refractivity contribution in [3.8, 4) is 0 Å². The Kier molecular flexibility index (Phi) is 6.41. The predicted octanol–water partition coefficient (Wildman–Crippen LogP) is 2.41. The molecule has 4 heteroatoms. The summed E-state index contributed by atoms with van der Waals surface area (Å²) in [5.41, 5.74) is 1.51. The van der Waals surface area contributed by atoms with Crippen LogP contribution in [0.15, 0.2) is 29.2 Å². The minimum atomic E-state index is 0.317. The van der Waals surface area contributed by atoms with Gasteiger partial charge in [0.1, 0.15) is 0 Å². The minimum absolute atomic E-state index is 0.317. The van der Waals surface area contributed by atoms with Gasteiger partial charge in [0, 0.05) is 35.6 Å². The standard InChI is InChI=1S/C14H21NOS2/c16-7-3-8-17-9-6-15-11-13-10-12-4-1-2-5-14(12)18-13/h1-2,4-5,13,15-16H,3,6-11H2. The molecular formula is C14H21NOS2. The molecule has 1 aromatic rings. The third-order valence-corrected chi connectivity index (χ3v) is 5.34. The van der Waals surface area contributed by atoms with E-state index in [4.69, 9.17) is 5.11 Å². The van der Waals surface area contributed by atoms with E-state index in [9.17, 15) is 0 Å². The van der Waals surface area contributed by atoms with Crippen LogP contribution in [0.1, 0.15) is 12.0 Å². The van der Waals surface area contributed by atoms with Crippen LogP contribution >= 0.6 is 23.5 Å². The zero-order valence-electron chi connectivity index (χ0n) is 10.6.